The minimum Gasteiger partial charge on any atom is -0.350 e. The van der Waals surface area contributed by atoms with Gasteiger partial charge in [-0.25, -0.2) is 0 Å². The highest BCUT2D eigenvalue weighted by molar-refractivity contribution is 5.39. The summed E-state index contributed by atoms with van der Waals surface area (Å²) in [6.07, 6.45) is 2.61. The van der Waals surface area contributed by atoms with E-state index in [1.807, 2.05) is 30.3 Å². The second-order valence-corrected chi connectivity index (χ2v) is 4.52. The van der Waals surface area contributed by atoms with Gasteiger partial charge in [-0.1, -0.05) is 23.3 Å². The third-order valence-electron chi connectivity index (χ3n) is 3.16. The molecule has 3 rings (SSSR count). The van der Waals surface area contributed by atoms with E-state index in [1.54, 1.807) is 4.68 Å². The number of tetrazole rings is 1. The smallest absolute Gasteiger partial charge is 0.247 e. The Balaban J connectivity index is 1.83. The van der Waals surface area contributed by atoms with Crippen LogP contribution in [0.15, 0.2) is 30.3 Å². The summed E-state index contributed by atoms with van der Waals surface area (Å²) in [5.41, 5.74) is 0.975. The van der Waals surface area contributed by atoms with Crippen molar-refractivity contribution in [1.29, 1.82) is 0 Å². The monoisotopic (exact) mass is 229 g/mol. The van der Waals surface area contributed by atoms with Crippen molar-refractivity contribution in [2.45, 2.75) is 25.8 Å². The van der Waals surface area contributed by atoms with E-state index in [9.17, 15) is 0 Å². The third kappa shape index (κ3) is 2.13. The second-order valence-electron chi connectivity index (χ2n) is 4.52. The van der Waals surface area contributed by atoms with Crippen LogP contribution < -0.4 is 5.32 Å². The van der Waals surface area contributed by atoms with Crippen LogP contribution in [0, 0.1) is 5.92 Å². The summed E-state index contributed by atoms with van der Waals surface area (Å²) in [6.45, 7) is 2.18. The standard InChI is InChI=1S/C12H15N5/c1-9(10-7-8-10)13-12-14-15-16-17(12)11-5-3-2-4-6-11/h2-6,9-10H,7-8H2,1H3,(H,13,14,16)/t9-/m1/s1. The average Bonchev–Trinajstić information content (AvgIpc) is 3.12. The lowest BCUT2D eigenvalue weighted by molar-refractivity contribution is 0.679. The molecular weight excluding hydrogens is 214 g/mol. The zero-order valence-electron chi connectivity index (χ0n) is 9.74. The Hall–Kier alpha value is -1.91. The van der Waals surface area contributed by atoms with E-state index in [0.29, 0.717) is 6.04 Å². The molecule has 0 saturated heterocycles. The molecule has 1 atom stereocenters. The molecule has 1 saturated carbocycles. The number of nitrogens with zero attached hydrogens (tertiary/aromatic N) is 4. The van der Waals surface area contributed by atoms with Crippen molar-refractivity contribution in [1.82, 2.24) is 20.2 Å². The summed E-state index contributed by atoms with van der Waals surface area (Å²) >= 11 is 0. The van der Waals surface area contributed by atoms with Crippen molar-refractivity contribution >= 4 is 5.95 Å². The fraction of sp³-hybridized carbons (Fsp3) is 0.417. The number of hydrogen-bond donors (Lipinski definition) is 1. The zero-order chi connectivity index (χ0) is 11.7. The Morgan fingerprint density at radius 2 is 2.06 bits per heavy atom. The molecule has 1 aliphatic carbocycles. The van der Waals surface area contributed by atoms with Crippen molar-refractivity contribution in [2.75, 3.05) is 5.32 Å². The van der Waals surface area contributed by atoms with E-state index in [4.69, 9.17) is 0 Å². The van der Waals surface area contributed by atoms with E-state index >= 15 is 0 Å². The predicted octanol–water partition coefficient (Wildman–Crippen LogP) is 1.87. The molecule has 0 bridgehead atoms. The van der Waals surface area contributed by atoms with Gasteiger partial charge in [0, 0.05) is 6.04 Å². The van der Waals surface area contributed by atoms with Crippen LogP contribution in [0.3, 0.4) is 0 Å². The van der Waals surface area contributed by atoms with E-state index in [1.165, 1.54) is 12.8 Å². The van der Waals surface area contributed by atoms with Crippen molar-refractivity contribution in [2.24, 2.45) is 5.92 Å². The van der Waals surface area contributed by atoms with Crippen LogP contribution in [0.5, 0.6) is 0 Å². The van der Waals surface area contributed by atoms with Gasteiger partial charge < -0.3 is 5.32 Å². The molecule has 5 heteroatoms. The third-order valence-corrected chi connectivity index (χ3v) is 3.16. The first-order chi connectivity index (χ1) is 8.34. The van der Waals surface area contributed by atoms with Crippen LogP contribution in [-0.4, -0.2) is 26.2 Å². The van der Waals surface area contributed by atoms with Gasteiger partial charge in [-0.3, -0.25) is 0 Å². The zero-order valence-corrected chi connectivity index (χ0v) is 9.74. The Morgan fingerprint density at radius 1 is 1.29 bits per heavy atom. The van der Waals surface area contributed by atoms with Crippen molar-refractivity contribution < 1.29 is 0 Å². The lowest BCUT2D eigenvalue weighted by atomic mass is 10.2. The maximum atomic E-state index is 4.03. The molecule has 0 amide bonds. The quantitative estimate of drug-likeness (QED) is 0.869. The number of rotatable bonds is 4. The lowest BCUT2D eigenvalue weighted by Gasteiger charge is -2.13. The fourth-order valence-corrected chi connectivity index (χ4v) is 1.94. The largest absolute Gasteiger partial charge is 0.350 e. The molecule has 0 radical (unpaired) electrons. The molecule has 0 spiro atoms. The van der Waals surface area contributed by atoms with Gasteiger partial charge in [-0.2, -0.15) is 4.68 Å². The highest BCUT2D eigenvalue weighted by Crippen LogP contribution is 2.33. The predicted molar refractivity (Wildman–Crippen MR) is 65.0 cm³/mol. The summed E-state index contributed by atoms with van der Waals surface area (Å²) in [4.78, 5) is 0. The van der Waals surface area contributed by atoms with Gasteiger partial charge in [-0.15, -0.1) is 0 Å². The molecule has 1 aromatic heterocycles. The molecule has 5 nitrogen and oxygen atoms in total. The maximum absolute atomic E-state index is 4.03. The number of nitrogens with one attached hydrogen (secondary N) is 1. The highest BCUT2D eigenvalue weighted by Gasteiger charge is 2.28. The summed E-state index contributed by atoms with van der Waals surface area (Å²) in [5, 5.41) is 15.2. The molecule has 1 N–H and O–H groups in total. The van der Waals surface area contributed by atoms with Crippen LogP contribution in [0.4, 0.5) is 5.95 Å². The summed E-state index contributed by atoms with van der Waals surface area (Å²) in [5.74, 6) is 1.49. The maximum Gasteiger partial charge on any atom is 0.247 e. The molecule has 0 aliphatic heterocycles. The Morgan fingerprint density at radius 3 is 2.76 bits per heavy atom. The van der Waals surface area contributed by atoms with Crippen molar-refractivity contribution in [3.63, 3.8) is 0 Å². The lowest BCUT2D eigenvalue weighted by Crippen LogP contribution is -2.20. The molecule has 0 unspecified atom stereocenters. The summed E-state index contributed by atoms with van der Waals surface area (Å²) < 4.78 is 1.74. The Kier molecular flexibility index (Phi) is 2.51. The number of aromatic nitrogens is 4. The molecule has 1 heterocycles. The van der Waals surface area contributed by atoms with Crippen LogP contribution in [-0.2, 0) is 0 Å². The molecule has 1 fully saturated rings. The van der Waals surface area contributed by atoms with Gasteiger partial charge in [0.2, 0.25) is 5.95 Å². The highest BCUT2D eigenvalue weighted by atomic mass is 15.6. The molecular formula is C12H15N5. The number of para-hydroxylation sites is 1. The van der Waals surface area contributed by atoms with Gasteiger partial charge in [0.05, 0.1) is 5.69 Å². The minimum atomic E-state index is 0.434. The molecule has 1 aromatic carbocycles. The topological polar surface area (TPSA) is 55.6 Å². The fourth-order valence-electron chi connectivity index (χ4n) is 1.94. The van der Waals surface area contributed by atoms with Crippen LogP contribution in [0.2, 0.25) is 0 Å². The van der Waals surface area contributed by atoms with E-state index < -0.39 is 0 Å². The molecule has 2 aromatic rings. The van der Waals surface area contributed by atoms with Gasteiger partial charge in [0.1, 0.15) is 0 Å². The van der Waals surface area contributed by atoms with Crippen LogP contribution in [0.1, 0.15) is 19.8 Å². The van der Waals surface area contributed by atoms with E-state index in [2.05, 4.69) is 27.8 Å². The van der Waals surface area contributed by atoms with Crippen LogP contribution in [0.25, 0.3) is 5.69 Å². The SMILES string of the molecule is C[C@@H](Nc1nnnn1-c1ccccc1)C1CC1. The summed E-state index contributed by atoms with van der Waals surface area (Å²) in [7, 11) is 0. The normalized spacial score (nSPS) is 16.8. The van der Waals surface area contributed by atoms with Gasteiger partial charge in [0.25, 0.3) is 0 Å². The first kappa shape index (κ1) is 10.3. The Bertz CT molecular complexity index is 489. The van der Waals surface area contributed by atoms with E-state index in [0.717, 1.165) is 17.6 Å². The molecule has 88 valence electrons. The molecule has 1 aliphatic rings. The number of benzene rings is 1. The average molecular weight is 229 g/mol. The number of hydrogen-bond acceptors (Lipinski definition) is 4. The van der Waals surface area contributed by atoms with Crippen molar-refractivity contribution in [3.05, 3.63) is 30.3 Å². The first-order valence-corrected chi connectivity index (χ1v) is 5.95. The van der Waals surface area contributed by atoms with Crippen molar-refractivity contribution in [3.8, 4) is 5.69 Å². The second kappa shape index (κ2) is 4.16. The number of anilines is 1. The minimum absolute atomic E-state index is 0.434. The Labute approximate surface area is 99.8 Å². The van der Waals surface area contributed by atoms with Gasteiger partial charge in [-0.05, 0) is 48.2 Å². The molecule has 17 heavy (non-hydrogen) atoms. The van der Waals surface area contributed by atoms with Gasteiger partial charge in [0.15, 0.2) is 0 Å². The first-order valence-electron chi connectivity index (χ1n) is 5.95. The van der Waals surface area contributed by atoms with Gasteiger partial charge >= 0.3 is 0 Å². The van der Waals surface area contributed by atoms with E-state index in [-0.39, 0.29) is 0 Å². The summed E-state index contributed by atoms with van der Waals surface area (Å²) in [6, 6.07) is 10.3. The van der Waals surface area contributed by atoms with Crippen LogP contribution >= 0.6 is 0 Å².